The van der Waals surface area contributed by atoms with Crippen molar-refractivity contribution >= 4 is 0 Å². The van der Waals surface area contributed by atoms with Crippen LogP contribution in [0.15, 0.2) is 24.3 Å². The predicted molar refractivity (Wildman–Crippen MR) is 164 cm³/mol. The van der Waals surface area contributed by atoms with Gasteiger partial charge in [0.1, 0.15) is 0 Å². The topological polar surface area (TPSA) is 18.5 Å². The summed E-state index contributed by atoms with van der Waals surface area (Å²) in [4.78, 5) is 0. The quantitative estimate of drug-likeness (QED) is 0.135. The Kier molecular flexibility index (Phi) is 18.6. The molecule has 0 fully saturated rings. The first-order valence-corrected chi connectivity index (χ1v) is 16.1. The molecule has 0 heterocycles. The number of ether oxygens (including phenoxy) is 2. The molecule has 2 heteroatoms. The Morgan fingerprint density at radius 2 is 1.35 bits per heavy atom. The van der Waals surface area contributed by atoms with Crippen molar-refractivity contribution in [3.05, 3.63) is 35.4 Å². The average Bonchev–Trinajstić information content (AvgIpc) is 2.90. The highest BCUT2D eigenvalue weighted by atomic mass is 16.5. The zero-order chi connectivity index (χ0) is 27.5. The van der Waals surface area contributed by atoms with Crippen molar-refractivity contribution in [2.75, 3.05) is 7.11 Å². The van der Waals surface area contributed by atoms with Crippen LogP contribution in [-0.2, 0) is 15.9 Å². The van der Waals surface area contributed by atoms with Crippen LogP contribution in [-0.4, -0.2) is 24.9 Å². The second kappa shape index (κ2) is 20.1. The van der Waals surface area contributed by atoms with Gasteiger partial charge in [-0.2, -0.15) is 0 Å². The highest BCUT2D eigenvalue weighted by Gasteiger charge is 2.25. The van der Waals surface area contributed by atoms with Crippen molar-refractivity contribution in [3.8, 4) is 0 Å². The fourth-order valence-electron chi connectivity index (χ4n) is 5.52. The SMILES string of the molecule is CCCCCCCCCc1ccc(C(C)C(CC)CC(CCCCC)OC(C)CCC(C)(C)OC)cc1. The molecule has 0 radical (unpaired) electrons. The van der Waals surface area contributed by atoms with Crippen LogP contribution in [0.4, 0.5) is 0 Å². The third-order valence-electron chi connectivity index (χ3n) is 8.63. The minimum Gasteiger partial charge on any atom is -0.379 e. The Labute approximate surface area is 232 Å². The molecular weight excluding hydrogens is 452 g/mol. The normalized spacial score (nSPS) is 15.5. The Morgan fingerprint density at radius 3 is 1.95 bits per heavy atom. The lowest BCUT2D eigenvalue weighted by Gasteiger charge is -2.31. The highest BCUT2D eigenvalue weighted by Crippen LogP contribution is 2.33. The number of benzene rings is 1. The van der Waals surface area contributed by atoms with Crippen molar-refractivity contribution in [1.82, 2.24) is 0 Å². The number of hydrogen-bond donors (Lipinski definition) is 0. The van der Waals surface area contributed by atoms with Crippen LogP contribution < -0.4 is 0 Å². The third-order valence-corrected chi connectivity index (χ3v) is 8.63. The van der Waals surface area contributed by atoms with Gasteiger partial charge < -0.3 is 9.47 Å². The van der Waals surface area contributed by atoms with E-state index in [0.29, 0.717) is 17.9 Å². The van der Waals surface area contributed by atoms with E-state index in [1.165, 1.54) is 101 Å². The molecule has 4 unspecified atom stereocenters. The van der Waals surface area contributed by atoms with Crippen LogP contribution in [0.25, 0.3) is 0 Å². The smallest absolute Gasteiger partial charge is 0.0623 e. The van der Waals surface area contributed by atoms with Gasteiger partial charge in [0.05, 0.1) is 17.8 Å². The first-order chi connectivity index (χ1) is 17.8. The number of aryl methyl sites for hydroxylation is 1. The zero-order valence-electron chi connectivity index (χ0n) is 26.2. The molecule has 4 atom stereocenters. The van der Waals surface area contributed by atoms with E-state index in [9.17, 15) is 0 Å². The van der Waals surface area contributed by atoms with E-state index in [1.54, 1.807) is 0 Å². The van der Waals surface area contributed by atoms with Gasteiger partial charge in [0, 0.05) is 7.11 Å². The van der Waals surface area contributed by atoms with E-state index in [2.05, 4.69) is 72.7 Å². The maximum absolute atomic E-state index is 6.70. The zero-order valence-corrected chi connectivity index (χ0v) is 26.2. The van der Waals surface area contributed by atoms with Crippen molar-refractivity contribution in [2.24, 2.45) is 5.92 Å². The van der Waals surface area contributed by atoms with Crippen LogP contribution in [0.5, 0.6) is 0 Å². The van der Waals surface area contributed by atoms with Gasteiger partial charge in [0.15, 0.2) is 0 Å². The molecule has 0 spiro atoms. The van der Waals surface area contributed by atoms with Gasteiger partial charge in [-0.1, -0.05) is 116 Å². The fraction of sp³-hybridized carbons (Fsp3) is 0.829. The predicted octanol–water partition coefficient (Wildman–Crippen LogP) is 11.1. The van der Waals surface area contributed by atoms with Gasteiger partial charge >= 0.3 is 0 Å². The van der Waals surface area contributed by atoms with Crippen molar-refractivity contribution < 1.29 is 9.47 Å². The largest absolute Gasteiger partial charge is 0.379 e. The Balaban J connectivity index is 2.64. The van der Waals surface area contributed by atoms with Gasteiger partial charge in [-0.15, -0.1) is 0 Å². The molecule has 0 aliphatic rings. The number of unbranched alkanes of at least 4 members (excludes halogenated alkanes) is 8. The maximum atomic E-state index is 6.70. The van der Waals surface area contributed by atoms with E-state index in [1.807, 2.05) is 7.11 Å². The molecule has 0 saturated heterocycles. The molecule has 37 heavy (non-hydrogen) atoms. The fourth-order valence-corrected chi connectivity index (χ4v) is 5.52. The molecule has 0 aliphatic heterocycles. The van der Waals surface area contributed by atoms with E-state index < -0.39 is 0 Å². The molecule has 0 amide bonds. The first-order valence-electron chi connectivity index (χ1n) is 16.1. The highest BCUT2D eigenvalue weighted by molar-refractivity contribution is 5.25. The average molecular weight is 517 g/mol. The van der Waals surface area contributed by atoms with Crippen LogP contribution in [0, 0.1) is 5.92 Å². The second-order valence-corrected chi connectivity index (χ2v) is 12.4. The molecule has 0 saturated carbocycles. The monoisotopic (exact) mass is 516 g/mol. The lowest BCUT2D eigenvalue weighted by atomic mass is 9.81. The summed E-state index contributed by atoms with van der Waals surface area (Å²) >= 11 is 0. The minimum atomic E-state index is -0.0728. The van der Waals surface area contributed by atoms with Gasteiger partial charge in [-0.25, -0.2) is 0 Å². The maximum Gasteiger partial charge on any atom is 0.0623 e. The molecule has 0 aliphatic carbocycles. The standard InChI is InChI=1S/C35H64O2/c1-9-12-14-15-16-17-19-20-31-22-24-33(25-23-31)30(5)32(11-3)28-34(21-18-13-10-2)37-29(4)26-27-35(6,7)36-8/h22-25,29-30,32,34H,9-21,26-28H2,1-8H3. The molecule has 0 aromatic heterocycles. The summed E-state index contributed by atoms with van der Waals surface area (Å²) in [5.41, 5.74) is 2.93. The summed E-state index contributed by atoms with van der Waals surface area (Å²) in [6.07, 6.45) is 21.0. The summed E-state index contributed by atoms with van der Waals surface area (Å²) in [6, 6.07) is 9.60. The summed E-state index contributed by atoms with van der Waals surface area (Å²) in [6.45, 7) is 16.0. The van der Waals surface area contributed by atoms with Crippen molar-refractivity contribution in [3.63, 3.8) is 0 Å². The Bertz CT molecular complexity index is 650. The number of methoxy groups -OCH3 is 1. The molecule has 0 N–H and O–H groups in total. The van der Waals surface area contributed by atoms with Crippen LogP contribution in [0.3, 0.4) is 0 Å². The van der Waals surface area contributed by atoms with Gasteiger partial charge in [-0.05, 0) is 82.3 Å². The molecule has 0 bridgehead atoms. The second-order valence-electron chi connectivity index (χ2n) is 12.4. The van der Waals surface area contributed by atoms with Gasteiger partial charge in [0.25, 0.3) is 0 Å². The molecule has 216 valence electrons. The summed E-state index contributed by atoms with van der Waals surface area (Å²) in [5, 5.41) is 0. The van der Waals surface area contributed by atoms with E-state index in [4.69, 9.17) is 9.47 Å². The van der Waals surface area contributed by atoms with Crippen molar-refractivity contribution in [1.29, 1.82) is 0 Å². The lowest BCUT2D eigenvalue weighted by molar-refractivity contribution is -0.0445. The molecule has 2 nitrogen and oxygen atoms in total. The summed E-state index contributed by atoms with van der Waals surface area (Å²) < 4.78 is 12.3. The van der Waals surface area contributed by atoms with Crippen LogP contribution >= 0.6 is 0 Å². The number of hydrogen-bond acceptors (Lipinski definition) is 2. The Morgan fingerprint density at radius 1 is 0.757 bits per heavy atom. The lowest BCUT2D eigenvalue weighted by Crippen LogP contribution is -2.28. The van der Waals surface area contributed by atoms with Crippen molar-refractivity contribution in [2.45, 2.75) is 175 Å². The third kappa shape index (κ3) is 15.4. The summed E-state index contributed by atoms with van der Waals surface area (Å²) in [7, 11) is 1.81. The van der Waals surface area contributed by atoms with E-state index in [-0.39, 0.29) is 11.7 Å². The molecule has 1 rings (SSSR count). The summed E-state index contributed by atoms with van der Waals surface area (Å²) in [5.74, 6) is 1.22. The van der Waals surface area contributed by atoms with E-state index >= 15 is 0 Å². The van der Waals surface area contributed by atoms with Gasteiger partial charge in [-0.3, -0.25) is 0 Å². The van der Waals surface area contributed by atoms with Crippen LogP contribution in [0.2, 0.25) is 0 Å². The van der Waals surface area contributed by atoms with Crippen LogP contribution in [0.1, 0.15) is 162 Å². The minimum absolute atomic E-state index is 0.0728. The first kappa shape index (κ1) is 34.2. The molecular formula is C35H64O2. The van der Waals surface area contributed by atoms with E-state index in [0.717, 1.165) is 12.8 Å². The molecule has 1 aromatic rings. The Hall–Kier alpha value is -0.860. The molecule has 1 aromatic carbocycles. The van der Waals surface area contributed by atoms with Gasteiger partial charge in [0.2, 0.25) is 0 Å². The number of rotatable bonds is 23.